The number of fused-ring (bicyclic) bond motifs is 3. The van der Waals surface area contributed by atoms with Crippen molar-refractivity contribution in [3.05, 3.63) is 23.3 Å². The third-order valence-corrected chi connectivity index (χ3v) is 7.10. The summed E-state index contributed by atoms with van der Waals surface area (Å²) in [5, 5.41) is 20.4. The first-order valence-electron chi connectivity index (χ1n) is 9.03. The molecule has 5 atom stereocenters. The second-order valence-electron chi connectivity index (χ2n) is 8.68. The van der Waals surface area contributed by atoms with Crippen molar-refractivity contribution in [3.63, 3.8) is 0 Å². The molecule has 0 aliphatic heterocycles. The highest BCUT2D eigenvalue weighted by molar-refractivity contribution is 5.75. The minimum atomic E-state index is -0.653. The predicted molar refractivity (Wildman–Crippen MR) is 90.9 cm³/mol. The minimum Gasteiger partial charge on any atom is -0.481 e. The van der Waals surface area contributed by atoms with Crippen molar-refractivity contribution in [1.29, 1.82) is 0 Å². The van der Waals surface area contributed by atoms with Crippen molar-refractivity contribution < 1.29 is 15.0 Å². The smallest absolute Gasteiger partial charge is 0.309 e. The summed E-state index contributed by atoms with van der Waals surface area (Å²) in [7, 11) is 0. The van der Waals surface area contributed by atoms with Crippen LogP contribution in [0.4, 0.5) is 0 Å². The minimum absolute atomic E-state index is 0.0184. The zero-order chi connectivity index (χ0) is 17.0. The quantitative estimate of drug-likeness (QED) is 0.803. The van der Waals surface area contributed by atoms with Gasteiger partial charge in [-0.1, -0.05) is 39.3 Å². The monoisotopic (exact) mass is 318 g/mol. The molecule has 2 N–H and O–H groups in total. The zero-order valence-corrected chi connectivity index (χ0v) is 14.8. The van der Waals surface area contributed by atoms with Gasteiger partial charge in [0.2, 0.25) is 0 Å². The van der Waals surface area contributed by atoms with Crippen LogP contribution >= 0.6 is 0 Å². The van der Waals surface area contributed by atoms with Crippen LogP contribution in [0.3, 0.4) is 0 Å². The Labute approximate surface area is 139 Å². The van der Waals surface area contributed by atoms with Gasteiger partial charge in [0.1, 0.15) is 0 Å². The second-order valence-corrected chi connectivity index (χ2v) is 8.68. The van der Waals surface area contributed by atoms with Gasteiger partial charge < -0.3 is 10.2 Å². The van der Waals surface area contributed by atoms with E-state index in [9.17, 15) is 15.0 Å². The highest BCUT2D eigenvalue weighted by Crippen LogP contribution is 2.62. The van der Waals surface area contributed by atoms with Gasteiger partial charge in [-0.05, 0) is 66.9 Å². The fourth-order valence-electron chi connectivity index (χ4n) is 5.66. The first-order chi connectivity index (χ1) is 10.7. The summed E-state index contributed by atoms with van der Waals surface area (Å²) in [6, 6.07) is 0. The van der Waals surface area contributed by atoms with Gasteiger partial charge in [-0.3, -0.25) is 4.79 Å². The Kier molecular flexibility index (Phi) is 3.99. The molecule has 0 bridgehead atoms. The number of carboxylic acid groups (broad SMARTS) is 1. The molecule has 1 saturated carbocycles. The Morgan fingerprint density at radius 3 is 2.61 bits per heavy atom. The number of allylic oxidation sites excluding steroid dienone is 3. The van der Waals surface area contributed by atoms with Crippen LogP contribution in [-0.4, -0.2) is 22.3 Å². The largest absolute Gasteiger partial charge is 0.481 e. The molecular weight excluding hydrogens is 288 g/mol. The van der Waals surface area contributed by atoms with E-state index in [1.807, 2.05) is 6.92 Å². The number of aliphatic hydroxyl groups excluding tert-OH is 1. The highest BCUT2D eigenvalue weighted by atomic mass is 16.4. The number of rotatable bonds is 2. The molecule has 0 amide bonds. The lowest BCUT2D eigenvalue weighted by Crippen LogP contribution is -2.53. The molecule has 1 unspecified atom stereocenters. The first-order valence-corrected chi connectivity index (χ1v) is 9.03. The molecule has 3 aliphatic carbocycles. The number of aliphatic carboxylic acids is 1. The standard InChI is InChI=1S/C20H30O3/c1-12(2)14-10-13-6-7-17-19(3,15(13)11-16(14)21)8-5-9-20(17,4)18(22)23/h6,10,12,15-17,21H,5,7-9,11H2,1-4H3,(H,22,23)/t15-,16?,17+,19+,20+/m0/s1. The topological polar surface area (TPSA) is 57.5 Å². The van der Waals surface area contributed by atoms with E-state index in [1.165, 1.54) is 5.57 Å². The van der Waals surface area contributed by atoms with Crippen LogP contribution in [0.25, 0.3) is 0 Å². The summed E-state index contributed by atoms with van der Waals surface area (Å²) in [5.74, 6) is 0.155. The average Bonchev–Trinajstić information content (AvgIpc) is 2.46. The van der Waals surface area contributed by atoms with Gasteiger partial charge in [0.15, 0.2) is 0 Å². The molecule has 0 aromatic heterocycles. The summed E-state index contributed by atoms with van der Waals surface area (Å²) in [4.78, 5) is 12.0. The maximum absolute atomic E-state index is 12.0. The van der Waals surface area contributed by atoms with Crippen molar-refractivity contribution in [1.82, 2.24) is 0 Å². The van der Waals surface area contributed by atoms with Gasteiger partial charge in [-0.2, -0.15) is 0 Å². The third-order valence-electron chi connectivity index (χ3n) is 7.10. The third kappa shape index (κ3) is 2.39. The number of hydrogen-bond donors (Lipinski definition) is 2. The molecule has 1 fully saturated rings. The molecule has 3 aliphatic rings. The number of carbonyl (C=O) groups is 1. The maximum Gasteiger partial charge on any atom is 0.309 e. The molecule has 0 radical (unpaired) electrons. The molecule has 3 rings (SSSR count). The Balaban J connectivity index is 2.03. The lowest BCUT2D eigenvalue weighted by molar-refractivity contribution is -0.162. The van der Waals surface area contributed by atoms with Gasteiger partial charge in [0.05, 0.1) is 11.5 Å². The van der Waals surface area contributed by atoms with Crippen LogP contribution in [0, 0.1) is 28.6 Å². The molecular formula is C20H30O3. The Bertz CT molecular complexity index is 573. The Morgan fingerprint density at radius 2 is 2.00 bits per heavy atom. The van der Waals surface area contributed by atoms with E-state index < -0.39 is 11.4 Å². The van der Waals surface area contributed by atoms with Crippen molar-refractivity contribution in [2.75, 3.05) is 0 Å². The fourth-order valence-corrected chi connectivity index (χ4v) is 5.66. The van der Waals surface area contributed by atoms with Crippen LogP contribution in [-0.2, 0) is 4.79 Å². The van der Waals surface area contributed by atoms with Crippen LogP contribution in [0.15, 0.2) is 23.3 Å². The van der Waals surface area contributed by atoms with Gasteiger partial charge in [0.25, 0.3) is 0 Å². The second kappa shape index (κ2) is 5.47. The molecule has 0 aromatic carbocycles. The lowest BCUT2D eigenvalue weighted by atomic mass is 9.46. The summed E-state index contributed by atoms with van der Waals surface area (Å²) in [6.07, 6.45) is 8.49. The summed E-state index contributed by atoms with van der Waals surface area (Å²) in [6.45, 7) is 8.47. The molecule has 0 spiro atoms. The molecule has 128 valence electrons. The number of hydrogen-bond acceptors (Lipinski definition) is 2. The summed E-state index contributed by atoms with van der Waals surface area (Å²) < 4.78 is 0. The van der Waals surface area contributed by atoms with Crippen LogP contribution in [0.1, 0.15) is 59.8 Å². The van der Waals surface area contributed by atoms with Crippen LogP contribution in [0.5, 0.6) is 0 Å². The highest BCUT2D eigenvalue weighted by Gasteiger charge is 2.57. The molecule has 3 nitrogen and oxygen atoms in total. The van der Waals surface area contributed by atoms with Gasteiger partial charge in [0, 0.05) is 0 Å². The first kappa shape index (κ1) is 16.8. The molecule has 23 heavy (non-hydrogen) atoms. The van der Waals surface area contributed by atoms with E-state index in [4.69, 9.17) is 0 Å². The Morgan fingerprint density at radius 1 is 1.30 bits per heavy atom. The number of carboxylic acids is 1. The van der Waals surface area contributed by atoms with Crippen molar-refractivity contribution in [2.24, 2.45) is 28.6 Å². The van der Waals surface area contributed by atoms with Gasteiger partial charge in [-0.15, -0.1) is 0 Å². The summed E-state index contributed by atoms with van der Waals surface area (Å²) >= 11 is 0. The van der Waals surface area contributed by atoms with Crippen LogP contribution < -0.4 is 0 Å². The van der Waals surface area contributed by atoms with E-state index in [1.54, 1.807) is 0 Å². The van der Waals surface area contributed by atoms with Crippen molar-refractivity contribution in [3.8, 4) is 0 Å². The van der Waals surface area contributed by atoms with Crippen LogP contribution in [0.2, 0.25) is 0 Å². The maximum atomic E-state index is 12.0. The molecule has 0 heterocycles. The normalized spacial score (nSPS) is 43.3. The van der Waals surface area contributed by atoms with Crippen molar-refractivity contribution in [2.45, 2.75) is 65.9 Å². The van der Waals surface area contributed by atoms with E-state index in [-0.39, 0.29) is 23.4 Å². The average molecular weight is 318 g/mol. The predicted octanol–water partition coefficient (Wildman–Crippen LogP) is 4.18. The lowest BCUT2D eigenvalue weighted by Gasteiger charge is -2.57. The fraction of sp³-hybridized carbons (Fsp3) is 0.750. The molecule has 0 aromatic rings. The van der Waals surface area contributed by atoms with Gasteiger partial charge in [-0.25, -0.2) is 0 Å². The SMILES string of the molecule is CC(C)C1=CC2=CC[C@@H]3[C@](C)(CCC[C@@]3(C)C(=O)O)[C@H]2CC1O. The zero-order valence-electron chi connectivity index (χ0n) is 14.8. The van der Waals surface area contributed by atoms with E-state index >= 15 is 0 Å². The molecule has 0 saturated heterocycles. The van der Waals surface area contributed by atoms with E-state index in [0.29, 0.717) is 5.92 Å². The van der Waals surface area contributed by atoms with Gasteiger partial charge >= 0.3 is 5.97 Å². The van der Waals surface area contributed by atoms with Crippen molar-refractivity contribution >= 4 is 5.97 Å². The van der Waals surface area contributed by atoms with E-state index in [0.717, 1.165) is 37.7 Å². The number of aliphatic hydroxyl groups is 1. The Hall–Kier alpha value is -1.09. The summed E-state index contributed by atoms with van der Waals surface area (Å²) in [5.41, 5.74) is 1.82. The molecule has 3 heteroatoms. The van der Waals surface area contributed by atoms with E-state index in [2.05, 4.69) is 32.9 Å².